The molecule has 0 fully saturated rings. The van der Waals surface area contributed by atoms with Crippen LogP contribution in [-0.2, 0) is 6.42 Å². The van der Waals surface area contributed by atoms with E-state index in [0.717, 1.165) is 28.0 Å². The van der Waals surface area contributed by atoms with Crippen molar-refractivity contribution < 1.29 is 9.84 Å². The van der Waals surface area contributed by atoms with Crippen LogP contribution in [0, 0.1) is 0 Å². The van der Waals surface area contributed by atoms with Gasteiger partial charge in [0, 0.05) is 12.0 Å². The fourth-order valence-corrected chi connectivity index (χ4v) is 2.83. The molecule has 116 valence electrons. The smallest absolute Gasteiger partial charge is 0.129 e. The van der Waals surface area contributed by atoms with Crippen LogP contribution < -0.4 is 4.74 Å². The first-order chi connectivity index (χ1) is 11.3. The quantitative estimate of drug-likeness (QED) is 0.744. The standard InChI is InChI=1S/C21H20O2/c1-23-21-18(15-20(22)17-11-6-3-7-12-17)13-8-14-19(21)16-9-4-2-5-10-16/h2-14,20,22H,15H2,1H3/t20-/m0/s1. The van der Waals surface area contributed by atoms with Gasteiger partial charge in [-0.15, -0.1) is 0 Å². The fourth-order valence-electron chi connectivity index (χ4n) is 2.83. The number of hydrogen-bond donors (Lipinski definition) is 1. The molecule has 0 unspecified atom stereocenters. The molecule has 0 aliphatic rings. The van der Waals surface area contributed by atoms with Crippen molar-refractivity contribution in [3.63, 3.8) is 0 Å². The van der Waals surface area contributed by atoms with Crippen LogP contribution in [0.5, 0.6) is 5.75 Å². The number of methoxy groups -OCH3 is 1. The SMILES string of the molecule is COc1c(C[C@H](O)c2ccccc2)cccc1-c1ccccc1. The zero-order valence-electron chi connectivity index (χ0n) is 13.1. The average Bonchev–Trinajstić information content (AvgIpc) is 2.63. The van der Waals surface area contributed by atoms with Crippen molar-refractivity contribution in [3.05, 3.63) is 90.0 Å². The summed E-state index contributed by atoms with van der Waals surface area (Å²) in [6, 6.07) is 25.9. The van der Waals surface area contributed by atoms with Crippen molar-refractivity contribution in [2.75, 3.05) is 7.11 Å². The number of aliphatic hydroxyl groups excluding tert-OH is 1. The third-order valence-electron chi connectivity index (χ3n) is 3.98. The highest BCUT2D eigenvalue weighted by atomic mass is 16.5. The van der Waals surface area contributed by atoms with Gasteiger partial charge in [-0.25, -0.2) is 0 Å². The summed E-state index contributed by atoms with van der Waals surface area (Å²) in [5.41, 5.74) is 4.08. The lowest BCUT2D eigenvalue weighted by atomic mass is 9.96. The van der Waals surface area contributed by atoms with Gasteiger partial charge in [0.1, 0.15) is 5.75 Å². The number of rotatable bonds is 5. The molecule has 0 saturated carbocycles. The molecule has 2 heteroatoms. The molecule has 0 aromatic heterocycles. The monoisotopic (exact) mass is 304 g/mol. The van der Waals surface area contributed by atoms with E-state index in [1.807, 2.05) is 66.7 Å². The Bertz CT molecular complexity index is 751. The molecule has 0 aliphatic carbocycles. The Morgan fingerprint density at radius 1 is 0.826 bits per heavy atom. The molecule has 2 nitrogen and oxygen atoms in total. The molecule has 0 aliphatic heterocycles. The van der Waals surface area contributed by atoms with E-state index in [9.17, 15) is 5.11 Å². The third kappa shape index (κ3) is 3.43. The van der Waals surface area contributed by atoms with Crippen LogP contribution >= 0.6 is 0 Å². The minimum atomic E-state index is -0.545. The number of benzene rings is 3. The fraction of sp³-hybridized carbons (Fsp3) is 0.143. The maximum Gasteiger partial charge on any atom is 0.129 e. The summed E-state index contributed by atoms with van der Waals surface area (Å²) in [5, 5.41) is 10.5. The number of aliphatic hydroxyl groups is 1. The zero-order valence-corrected chi connectivity index (χ0v) is 13.1. The first-order valence-electron chi connectivity index (χ1n) is 7.74. The summed E-state index contributed by atoms with van der Waals surface area (Å²) in [6.07, 6.45) is -0.0236. The van der Waals surface area contributed by atoms with Gasteiger partial charge in [-0.3, -0.25) is 0 Å². The summed E-state index contributed by atoms with van der Waals surface area (Å²) in [4.78, 5) is 0. The molecule has 0 radical (unpaired) electrons. The van der Waals surface area contributed by atoms with E-state index in [-0.39, 0.29) is 0 Å². The molecule has 3 rings (SSSR count). The van der Waals surface area contributed by atoms with E-state index in [0.29, 0.717) is 6.42 Å². The van der Waals surface area contributed by atoms with Crippen LogP contribution in [0.2, 0.25) is 0 Å². The molecule has 1 atom stereocenters. The molecule has 3 aromatic carbocycles. The predicted octanol–water partition coefficient (Wildman–Crippen LogP) is 4.64. The van der Waals surface area contributed by atoms with Crippen LogP contribution in [0.1, 0.15) is 17.2 Å². The lowest BCUT2D eigenvalue weighted by Gasteiger charge is -2.17. The van der Waals surface area contributed by atoms with Crippen molar-refractivity contribution in [2.45, 2.75) is 12.5 Å². The second-order valence-electron chi connectivity index (χ2n) is 5.49. The maximum atomic E-state index is 10.5. The van der Waals surface area contributed by atoms with Gasteiger partial charge in [-0.05, 0) is 16.7 Å². The summed E-state index contributed by atoms with van der Waals surface area (Å²) in [7, 11) is 1.68. The Kier molecular flexibility index (Phi) is 4.74. The van der Waals surface area contributed by atoms with Gasteiger partial charge in [0.2, 0.25) is 0 Å². The number of para-hydroxylation sites is 1. The topological polar surface area (TPSA) is 29.5 Å². The number of hydrogen-bond acceptors (Lipinski definition) is 2. The first-order valence-corrected chi connectivity index (χ1v) is 7.74. The van der Waals surface area contributed by atoms with Gasteiger partial charge < -0.3 is 9.84 Å². The van der Waals surface area contributed by atoms with Gasteiger partial charge in [-0.2, -0.15) is 0 Å². The van der Waals surface area contributed by atoms with Crippen molar-refractivity contribution in [3.8, 4) is 16.9 Å². The van der Waals surface area contributed by atoms with Gasteiger partial charge in [0.25, 0.3) is 0 Å². The second-order valence-corrected chi connectivity index (χ2v) is 5.49. The van der Waals surface area contributed by atoms with Crippen LogP contribution in [0.3, 0.4) is 0 Å². The van der Waals surface area contributed by atoms with E-state index < -0.39 is 6.10 Å². The summed E-state index contributed by atoms with van der Waals surface area (Å²) in [6.45, 7) is 0. The lowest BCUT2D eigenvalue weighted by Crippen LogP contribution is -2.04. The van der Waals surface area contributed by atoms with Gasteiger partial charge >= 0.3 is 0 Å². The minimum Gasteiger partial charge on any atom is -0.496 e. The largest absolute Gasteiger partial charge is 0.496 e. The van der Waals surface area contributed by atoms with Crippen LogP contribution in [0.25, 0.3) is 11.1 Å². The van der Waals surface area contributed by atoms with Crippen LogP contribution in [0.15, 0.2) is 78.9 Å². The van der Waals surface area contributed by atoms with E-state index in [1.54, 1.807) is 7.11 Å². The molecular formula is C21H20O2. The first kappa shape index (κ1) is 15.3. The third-order valence-corrected chi connectivity index (χ3v) is 3.98. The van der Waals surface area contributed by atoms with Gasteiger partial charge in [-0.1, -0.05) is 78.9 Å². The summed E-state index contributed by atoms with van der Waals surface area (Å²) in [5.74, 6) is 0.827. The van der Waals surface area contributed by atoms with Crippen molar-refractivity contribution >= 4 is 0 Å². The minimum absolute atomic E-state index is 0.522. The Morgan fingerprint density at radius 3 is 2.13 bits per heavy atom. The Labute approximate surface area is 137 Å². The predicted molar refractivity (Wildman–Crippen MR) is 93.5 cm³/mol. The van der Waals surface area contributed by atoms with Gasteiger partial charge in [0.05, 0.1) is 13.2 Å². The summed E-state index contributed by atoms with van der Waals surface area (Å²) >= 11 is 0. The highest BCUT2D eigenvalue weighted by Crippen LogP contribution is 2.35. The highest BCUT2D eigenvalue weighted by Gasteiger charge is 2.15. The number of ether oxygens (including phenoxy) is 1. The van der Waals surface area contributed by atoms with E-state index in [1.165, 1.54) is 0 Å². The van der Waals surface area contributed by atoms with Gasteiger partial charge in [0.15, 0.2) is 0 Å². The molecule has 0 heterocycles. The average molecular weight is 304 g/mol. The second kappa shape index (κ2) is 7.12. The molecular weight excluding hydrogens is 284 g/mol. The molecule has 0 amide bonds. The van der Waals surface area contributed by atoms with Crippen LogP contribution in [0.4, 0.5) is 0 Å². The van der Waals surface area contributed by atoms with Crippen molar-refractivity contribution in [2.24, 2.45) is 0 Å². The van der Waals surface area contributed by atoms with Crippen molar-refractivity contribution in [1.29, 1.82) is 0 Å². The lowest BCUT2D eigenvalue weighted by molar-refractivity contribution is 0.177. The molecule has 1 N–H and O–H groups in total. The zero-order chi connectivity index (χ0) is 16.1. The molecule has 23 heavy (non-hydrogen) atoms. The normalized spacial score (nSPS) is 11.9. The molecule has 0 bridgehead atoms. The molecule has 0 spiro atoms. The highest BCUT2D eigenvalue weighted by molar-refractivity contribution is 5.72. The van der Waals surface area contributed by atoms with E-state index >= 15 is 0 Å². The maximum absolute atomic E-state index is 10.5. The molecule has 3 aromatic rings. The van der Waals surface area contributed by atoms with E-state index in [4.69, 9.17) is 4.74 Å². The molecule has 0 saturated heterocycles. The summed E-state index contributed by atoms with van der Waals surface area (Å²) < 4.78 is 5.66. The van der Waals surface area contributed by atoms with E-state index in [2.05, 4.69) is 12.1 Å². The Hall–Kier alpha value is -2.58. The van der Waals surface area contributed by atoms with Crippen molar-refractivity contribution in [1.82, 2.24) is 0 Å². The Morgan fingerprint density at radius 2 is 1.48 bits per heavy atom. The van der Waals surface area contributed by atoms with Crippen LogP contribution in [-0.4, -0.2) is 12.2 Å². The Balaban J connectivity index is 1.94.